The van der Waals surface area contributed by atoms with Crippen LogP contribution in [0.3, 0.4) is 0 Å². The summed E-state index contributed by atoms with van der Waals surface area (Å²) in [4.78, 5) is 7.73. The first-order chi connectivity index (χ1) is 8.91. The summed E-state index contributed by atoms with van der Waals surface area (Å²) >= 11 is 6.90. The van der Waals surface area contributed by atoms with Crippen LogP contribution in [0.1, 0.15) is 25.7 Å². The molecule has 1 aromatic heterocycles. The standard InChI is InChI=1S/C11H13ClF3N3S/c1-19-10-17-8(12)7(13)9(18-10)16-6-2-4-11(14,15)5-3-6/h6H,2-5H2,1H3,(H,16,17,18). The highest BCUT2D eigenvalue weighted by Crippen LogP contribution is 2.34. The summed E-state index contributed by atoms with van der Waals surface area (Å²) in [5.41, 5.74) is 0. The van der Waals surface area contributed by atoms with Crippen molar-refractivity contribution in [2.45, 2.75) is 42.8 Å². The Labute approximate surface area is 118 Å². The molecule has 1 fully saturated rings. The molecule has 106 valence electrons. The van der Waals surface area contributed by atoms with Gasteiger partial charge in [0.25, 0.3) is 0 Å². The molecule has 1 aromatic rings. The predicted molar refractivity (Wildman–Crippen MR) is 69.6 cm³/mol. The maximum atomic E-state index is 13.7. The van der Waals surface area contributed by atoms with E-state index in [4.69, 9.17) is 11.6 Å². The lowest BCUT2D eigenvalue weighted by Gasteiger charge is -2.29. The molecule has 3 nitrogen and oxygen atoms in total. The molecular weight excluding hydrogens is 299 g/mol. The maximum absolute atomic E-state index is 13.7. The van der Waals surface area contributed by atoms with Gasteiger partial charge in [0.15, 0.2) is 16.1 Å². The van der Waals surface area contributed by atoms with E-state index in [1.165, 1.54) is 11.8 Å². The van der Waals surface area contributed by atoms with Crippen molar-refractivity contribution in [1.82, 2.24) is 9.97 Å². The van der Waals surface area contributed by atoms with Crippen molar-refractivity contribution >= 4 is 29.2 Å². The molecule has 0 aromatic carbocycles. The van der Waals surface area contributed by atoms with Crippen molar-refractivity contribution in [3.8, 4) is 0 Å². The Morgan fingerprint density at radius 1 is 1.32 bits per heavy atom. The predicted octanol–water partition coefficient (Wildman–Crippen LogP) is 3.98. The monoisotopic (exact) mass is 311 g/mol. The zero-order chi connectivity index (χ0) is 14.0. The van der Waals surface area contributed by atoms with E-state index in [2.05, 4.69) is 15.3 Å². The van der Waals surface area contributed by atoms with Crippen molar-refractivity contribution < 1.29 is 13.2 Å². The molecule has 1 N–H and O–H groups in total. The molecule has 8 heteroatoms. The number of hydrogen-bond acceptors (Lipinski definition) is 4. The number of aromatic nitrogens is 2. The van der Waals surface area contributed by atoms with E-state index in [1.807, 2.05) is 0 Å². The SMILES string of the molecule is CSc1nc(Cl)c(F)c(NC2CCC(F)(F)CC2)n1. The normalized spacial score (nSPS) is 19.4. The topological polar surface area (TPSA) is 37.8 Å². The van der Waals surface area contributed by atoms with Crippen LogP contribution < -0.4 is 5.32 Å². The van der Waals surface area contributed by atoms with Crippen LogP contribution in [0.4, 0.5) is 19.0 Å². The molecule has 2 rings (SSSR count). The third-order valence-corrected chi connectivity index (χ3v) is 3.83. The van der Waals surface area contributed by atoms with Crippen LogP contribution in [0.25, 0.3) is 0 Å². The zero-order valence-corrected chi connectivity index (χ0v) is 11.8. The van der Waals surface area contributed by atoms with Crippen LogP contribution in [0.15, 0.2) is 5.16 Å². The molecule has 0 saturated heterocycles. The van der Waals surface area contributed by atoms with Crippen LogP contribution in [0, 0.1) is 5.82 Å². The summed E-state index contributed by atoms with van der Waals surface area (Å²) in [5, 5.41) is 2.93. The Kier molecular flexibility index (Phi) is 4.45. The third-order valence-electron chi connectivity index (χ3n) is 3.03. The van der Waals surface area contributed by atoms with Gasteiger partial charge in [-0.05, 0) is 19.1 Å². The maximum Gasteiger partial charge on any atom is 0.248 e. The number of hydrogen-bond donors (Lipinski definition) is 1. The lowest BCUT2D eigenvalue weighted by atomic mass is 9.92. The van der Waals surface area contributed by atoms with Gasteiger partial charge in [-0.3, -0.25) is 0 Å². The van der Waals surface area contributed by atoms with Crippen LogP contribution in [-0.4, -0.2) is 28.2 Å². The van der Waals surface area contributed by atoms with Gasteiger partial charge >= 0.3 is 0 Å². The fourth-order valence-corrected chi connectivity index (χ4v) is 2.55. The van der Waals surface area contributed by atoms with Crippen molar-refractivity contribution in [3.05, 3.63) is 11.0 Å². The summed E-state index contributed by atoms with van der Waals surface area (Å²) < 4.78 is 39.8. The Morgan fingerprint density at radius 3 is 2.53 bits per heavy atom. The number of anilines is 1. The Morgan fingerprint density at radius 2 is 1.95 bits per heavy atom. The van der Waals surface area contributed by atoms with Crippen LogP contribution in [0.5, 0.6) is 0 Å². The number of nitrogens with zero attached hydrogens (tertiary/aromatic N) is 2. The van der Waals surface area contributed by atoms with Gasteiger partial charge in [0.2, 0.25) is 11.7 Å². The lowest BCUT2D eigenvalue weighted by Crippen LogP contribution is -2.32. The Balaban J connectivity index is 2.09. The van der Waals surface area contributed by atoms with Gasteiger partial charge in [0.1, 0.15) is 0 Å². The van der Waals surface area contributed by atoms with Gasteiger partial charge in [0, 0.05) is 18.9 Å². The van der Waals surface area contributed by atoms with Crippen molar-refractivity contribution in [2.24, 2.45) is 0 Å². The zero-order valence-electron chi connectivity index (χ0n) is 10.2. The Hall–Kier alpha value is -0.690. The number of alkyl halides is 2. The van der Waals surface area contributed by atoms with Gasteiger partial charge in [-0.1, -0.05) is 23.4 Å². The van der Waals surface area contributed by atoms with Gasteiger partial charge in [0.05, 0.1) is 0 Å². The molecule has 0 radical (unpaired) electrons. The molecule has 1 saturated carbocycles. The van der Waals surface area contributed by atoms with Crippen LogP contribution in [-0.2, 0) is 0 Å². The second-order valence-electron chi connectivity index (χ2n) is 4.44. The third kappa shape index (κ3) is 3.66. The average Bonchev–Trinajstić information content (AvgIpc) is 2.37. The molecule has 19 heavy (non-hydrogen) atoms. The molecule has 1 aliphatic carbocycles. The van der Waals surface area contributed by atoms with E-state index in [0.717, 1.165) is 0 Å². The molecule has 0 atom stereocenters. The van der Waals surface area contributed by atoms with Gasteiger partial charge < -0.3 is 5.32 Å². The highest BCUT2D eigenvalue weighted by atomic mass is 35.5. The molecule has 0 unspecified atom stereocenters. The minimum absolute atomic E-state index is 0.0143. The highest BCUT2D eigenvalue weighted by Gasteiger charge is 2.35. The van der Waals surface area contributed by atoms with Gasteiger partial charge in [-0.25, -0.2) is 18.7 Å². The largest absolute Gasteiger partial charge is 0.365 e. The molecule has 0 spiro atoms. The summed E-state index contributed by atoms with van der Waals surface area (Å²) in [7, 11) is 0. The van der Waals surface area contributed by atoms with Gasteiger partial charge in [-0.15, -0.1) is 0 Å². The molecule has 0 amide bonds. The van der Waals surface area contributed by atoms with Crippen LogP contribution in [0.2, 0.25) is 5.15 Å². The van der Waals surface area contributed by atoms with E-state index >= 15 is 0 Å². The smallest absolute Gasteiger partial charge is 0.248 e. The van der Waals surface area contributed by atoms with Crippen molar-refractivity contribution in [3.63, 3.8) is 0 Å². The summed E-state index contributed by atoms with van der Waals surface area (Å²) in [6.07, 6.45) is 1.92. The quantitative estimate of drug-likeness (QED) is 0.520. The first-order valence-corrected chi connectivity index (χ1v) is 7.43. The lowest BCUT2D eigenvalue weighted by molar-refractivity contribution is -0.0361. The molecule has 1 heterocycles. The fourth-order valence-electron chi connectivity index (χ4n) is 1.97. The minimum Gasteiger partial charge on any atom is -0.365 e. The highest BCUT2D eigenvalue weighted by molar-refractivity contribution is 7.98. The molecular formula is C11H13ClF3N3S. The second kappa shape index (κ2) is 5.75. The fraction of sp³-hybridized carbons (Fsp3) is 0.636. The Bertz CT molecular complexity index is 463. The van der Waals surface area contributed by atoms with E-state index in [0.29, 0.717) is 5.16 Å². The van der Waals surface area contributed by atoms with Gasteiger partial charge in [-0.2, -0.15) is 4.39 Å². The number of thioether (sulfide) groups is 1. The number of halogens is 4. The van der Waals surface area contributed by atoms with E-state index in [1.54, 1.807) is 6.26 Å². The van der Waals surface area contributed by atoms with E-state index in [9.17, 15) is 13.2 Å². The molecule has 1 aliphatic rings. The van der Waals surface area contributed by atoms with Crippen molar-refractivity contribution in [2.75, 3.05) is 11.6 Å². The van der Waals surface area contributed by atoms with E-state index in [-0.39, 0.29) is 42.7 Å². The van der Waals surface area contributed by atoms with Crippen molar-refractivity contribution in [1.29, 1.82) is 0 Å². The molecule has 0 aliphatic heterocycles. The summed E-state index contributed by atoms with van der Waals surface area (Å²) in [6.45, 7) is 0. The summed E-state index contributed by atoms with van der Waals surface area (Å²) in [6, 6.07) is -0.213. The number of nitrogens with one attached hydrogen (secondary N) is 1. The number of rotatable bonds is 3. The summed E-state index contributed by atoms with van der Waals surface area (Å²) in [5.74, 6) is -3.36. The van der Waals surface area contributed by atoms with Crippen LogP contribution >= 0.6 is 23.4 Å². The average molecular weight is 312 g/mol. The van der Waals surface area contributed by atoms with E-state index < -0.39 is 11.7 Å². The first kappa shape index (κ1) is 14.7. The second-order valence-corrected chi connectivity index (χ2v) is 5.57. The minimum atomic E-state index is -2.61. The molecule has 0 bridgehead atoms. The first-order valence-electron chi connectivity index (χ1n) is 5.83.